The number of hydrogen-bond donors (Lipinski definition) is 0. The zero-order valence-electron chi connectivity index (χ0n) is 18.7. The van der Waals surface area contributed by atoms with Crippen LogP contribution in [0.5, 0.6) is 0 Å². The number of aryl methyl sites for hydroxylation is 1. The van der Waals surface area contributed by atoms with Crippen LogP contribution in [0.1, 0.15) is 36.0 Å². The van der Waals surface area contributed by atoms with E-state index in [0.29, 0.717) is 6.04 Å². The van der Waals surface area contributed by atoms with Gasteiger partial charge >= 0.3 is 0 Å². The van der Waals surface area contributed by atoms with E-state index in [9.17, 15) is 0 Å². The first-order valence-electron chi connectivity index (χ1n) is 11.9. The second kappa shape index (κ2) is 11.8. The maximum atomic E-state index is 2.73. The van der Waals surface area contributed by atoms with Crippen molar-refractivity contribution in [1.82, 2.24) is 9.80 Å². The molecule has 1 saturated heterocycles. The first-order valence-corrected chi connectivity index (χ1v) is 11.9. The summed E-state index contributed by atoms with van der Waals surface area (Å²) in [5.41, 5.74) is 4.35. The molecule has 0 saturated carbocycles. The molecule has 1 heterocycles. The number of rotatable bonds is 9. The highest BCUT2D eigenvalue weighted by molar-refractivity contribution is 5.18. The van der Waals surface area contributed by atoms with Crippen LogP contribution in [0.2, 0.25) is 0 Å². The number of unbranched alkanes of at least 4 members (excludes halogenated alkanes) is 1. The molecule has 31 heavy (non-hydrogen) atoms. The second-order valence-electron chi connectivity index (χ2n) is 8.90. The lowest BCUT2D eigenvalue weighted by Gasteiger charge is -2.32. The van der Waals surface area contributed by atoms with Gasteiger partial charge in [-0.25, -0.2) is 0 Å². The molecule has 0 aliphatic carbocycles. The van der Waals surface area contributed by atoms with Gasteiger partial charge in [0.05, 0.1) is 0 Å². The minimum absolute atomic E-state index is 0.569. The van der Waals surface area contributed by atoms with Gasteiger partial charge in [0.15, 0.2) is 0 Å². The highest BCUT2D eigenvalue weighted by Crippen LogP contribution is 2.19. The van der Waals surface area contributed by atoms with Crippen LogP contribution in [0.4, 0.5) is 0 Å². The zero-order valence-corrected chi connectivity index (χ0v) is 18.7. The molecule has 0 unspecified atom stereocenters. The summed E-state index contributed by atoms with van der Waals surface area (Å²) in [6.45, 7) is 5.86. The van der Waals surface area contributed by atoms with Gasteiger partial charge in [-0.2, -0.15) is 0 Å². The van der Waals surface area contributed by atoms with Crippen LogP contribution in [0.25, 0.3) is 0 Å². The fourth-order valence-electron chi connectivity index (χ4n) is 4.80. The van der Waals surface area contributed by atoms with Crippen molar-refractivity contribution in [2.24, 2.45) is 0 Å². The predicted molar refractivity (Wildman–Crippen MR) is 131 cm³/mol. The molecule has 0 bridgehead atoms. The molecule has 1 atom stereocenters. The fourth-order valence-corrected chi connectivity index (χ4v) is 4.80. The lowest BCUT2D eigenvalue weighted by Crippen LogP contribution is -2.42. The van der Waals surface area contributed by atoms with Gasteiger partial charge in [0.25, 0.3) is 0 Å². The maximum absolute atomic E-state index is 2.73. The Morgan fingerprint density at radius 2 is 1.26 bits per heavy atom. The third-order valence-corrected chi connectivity index (χ3v) is 6.48. The Hall–Kier alpha value is -2.42. The summed E-state index contributed by atoms with van der Waals surface area (Å²) in [4.78, 5) is 5.45. The van der Waals surface area contributed by atoms with E-state index in [1.54, 1.807) is 0 Å². The number of nitrogens with zero attached hydrogens (tertiary/aromatic N) is 2. The number of benzene rings is 3. The molecule has 0 amide bonds. The summed E-state index contributed by atoms with van der Waals surface area (Å²) >= 11 is 0. The van der Waals surface area contributed by atoms with Crippen LogP contribution in [0, 0.1) is 0 Å². The van der Waals surface area contributed by atoms with Crippen molar-refractivity contribution in [3.05, 3.63) is 108 Å². The van der Waals surface area contributed by atoms with Gasteiger partial charge in [-0.3, -0.25) is 4.90 Å². The summed E-state index contributed by atoms with van der Waals surface area (Å²) in [6.07, 6.45) is 6.15. The Kier molecular flexibility index (Phi) is 8.32. The molecule has 2 heteroatoms. The molecule has 3 aromatic carbocycles. The summed E-state index contributed by atoms with van der Waals surface area (Å²) in [6, 6.07) is 33.5. The van der Waals surface area contributed by atoms with Crippen molar-refractivity contribution in [3.63, 3.8) is 0 Å². The van der Waals surface area contributed by atoms with E-state index in [-0.39, 0.29) is 0 Å². The van der Waals surface area contributed by atoms with E-state index in [1.807, 2.05) is 0 Å². The average molecular weight is 413 g/mol. The smallest absolute Gasteiger partial charge is 0.0267 e. The van der Waals surface area contributed by atoms with Gasteiger partial charge in [0, 0.05) is 25.7 Å². The molecule has 0 radical (unpaired) electrons. The van der Waals surface area contributed by atoms with Crippen molar-refractivity contribution in [1.29, 1.82) is 0 Å². The molecule has 162 valence electrons. The SMILES string of the molecule is c1ccc(CCCCN2CCCN(Cc3ccccc3)[C@@H](Cc3ccccc3)C2)cc1. The summed E-state index contributed by atoms with van der Waals surface area (Å²) in [5.74, 6) is 0. The van der Waals surface area contributed by atoms with Crippen molar-refractivity contribution in [3.8, 4) is 0 Å². The lowest BCUT2D eigenvalue weighted by molar-refractivity contribution is 0.169. The van der Waals surface area contributed by atoms with Crippen LogP contribution >= 0.6 is 0 Å². The molecule has 0 N–H and O–H groups in total. The molecular formula is C29H36N2. The highest BCUT2D eigenvalue weighted by Gasteiger charge is 2.25. The van der Waals surface area contributed by atoms with Crippen LogP contribution in [0.3, 0.4) is 0 Å². The molecule has 0 spiro atoms. The molecule has 1 aliphatic rings. The average Bonchev–Trinajstić information content (AvgIpc) is 3.00. The third-order valence-electron chi connectivity index (χ3n) is 6.48. The van der Waals surface area contributed by atoms with Gasteiger partial charge in [-0.1, -0.05) is 91.0 Å². The summed E-state index contributed by atoms with van der Waals surface area (Å²) in [5, 5.41) is 0. The predicted octanol–water partition coefficient (Wildman–Crippen LogP) is 5.83. The molecular weight excluding hydrogens is 376 g/mol. The van der Waals surface area contributed by atoms with Gasteiger partial charge < -0.3 is 4.90 Å². The Bertz CT molecular complexity index is 863. The summed E-state index contributed by atoms with van der Waals surface area (Å²) in [7, 11) is 0. The minimum atomic E-state index is 0.569. The van der Waals surface area contributed by atoms with Crippen molar-refractivity contribution < 1.29 is 0 Å². The quantitative estimate of drug-likeness (QED) is 0.408. The van der Waals surface area contributed by atoms with Crippen LogP contribution in [0.15, 0.2) is 91.0 Å². The van der Waals surface area contributed by atoms with Crippen LogP contribution in [-0.4, -0.2) is 42.0 Å². The first-order chi connectivity index (χ1) is 15.4. The maximum Gasteiger partial charge on any atom is 0.0267 e. The monoisotopic (exact) mass is 412 g/mol. The number of hydrogen-bond acceptors (Lipinski definition) is 2. The Morgan fingerprint density at radius 1 is 0.645 bits per heavy atom. The Morgan fingerprint density at radius 3 is 1.94 bits per heavy atom. The molecule has 0 aromatic heterocycles. The van der Waals surface area contributed by atoms with Crippen molar-refractivity contribution in [2.45, 2.75) is 44.7 Å². The Balaban J connectivity index is 1.36. The van der Waals surface area contributed by atoms with Crippen molar-refractivity contribution in [2.75, 3.05) is 26.2 Å². The van der Waals surface area contributed by atoms with Gasteiger partial charge in [-0.15, -0.1) is 0 Å². The van der Waals surface area contributed by atoms with Gasteiger partial charge in [-0.05, 0) is 61.9 Å². The van der Waals surface area contributed by atoms with Crippen LogP contribution in [-0.2, 0) is 19.4 Å². The minimum Gasteiger partial charge on any atom is -0.302 e. The van der Waals surface area contributed by atoms with Crippen LogP contribution < -0.4 is 0 Å². The van der Waals surface area contributed by atoms with E-state index in [1.165, 1.54) is 68.6 Å². The van der Waals surface area contributed by atoms with Crippen molar-refractivity contribution >= 4 is 0 Å². The lowest BCUT2D eigenvalue weighted by atomic mass is 10.0. The Labute approximate surface area is 188 Å². The molecule has 4 rings (SSSR count). The molecule has 2 nitrogen and oxygen atoms in total. The molecule has 1 aliphatic heterocycles. The van der Waals surface area contributed by atoms with E-state index in [0.717, 1.165) is 13.0 Å². The van der Waals surface area contributed by atoms with E-state index in [2.05, 4.69) is 101 Å². The molecule has 1 fully saturated rings. The second-order valence-corrected chi connectivity index (χ2v) is 8.90. The molecule has 3 aromatic rings. The zero-order chi connectivity index (χ0) is 21.1. The standard InChI is InChI=1S/C29H36N2/c1-4-13-26(14-5-1)15-10-11-20-30-21-12-22-31(24-28-18-8-3-9-19-28)29(25-30)23-27-16-6-2-7-17-27/h1-9,13-14,16-19,29H,10-12,15,20-25H2/t29-/m0/s1. The van der Waals surface area contributed by atoms with E-state index >= 15 is 0 Å². The van der Waals surface area contributed by atoms with E-state index < -0.39 is 0 Å². The third kappa shape index (κ3) is 7.05. The summed E-state index contributed by atoms with van der Waals surface area (Å²) < 4.78 is 0. The topological polar surface area (TPSA) is 6.48 Å². The van der Waals surface area contributed by atoms with Gasteiger partial charge in [0.1, 0.15) is 0 Å². The normalized spacial score (nSPS) is 18.0. The van der Waals surface area contributed by atoms with E-state index in [4.69, 9.17) is 0 Å². The largest absolute Gasteiger partial charge is 0.302 e. The first kappa shape index (κ1) is 21.8. The van der Waals surface area contributed by atoms with Gasteiger partial charge in [0.2, 0.25) is 0 Å². The highest BCUT2D eigenvalue weighted by atomic mass is 15.2. The fraction of sp³-hybridized carbons (Fsp3) is 0.379.